The number of alkyl halides is 4. The molecule has 60 heavy (non-hydrogen) atoms. The Kier molecular flexibility index (Phi) is 29.0. The highest BCUT2D eigenvalue weighted by molar-refractivity contribution is 7.87. The fourth-order valence-corrected chi connectivity index (χ4v) is 7.27. The van der Waals surface area contributed by atoms with Crippen LogP contribution in [0.1, 0.15) is 36.1 Å². The van der Waals surface area contributed by atoms with E-state index in [1.54, 1.807) is 48.5 Å². The van der Waals surface area contributed by atoms with Gasteiger partial charge in [-0.25, -0.2) is 8.78 Å². The quantitative estimate of drug-likeness (QED) is 0.0438. The van der Waals surface area contributed by atoms with Crippen molar-refractivity contribution in [3.63, 3.8) is 0 Å². The summed E-state index contributed by atoms with van der Waals surface area (Å²) < 4.78 is 155. The first-order chi connectivity index (χ1) is 27.7. The van der Waals surface area contributed by atoms with Crippen LogP contribution in [0.2, 0.25) is 0 Å². The van der Waals surface area contributed by atoms with Crippen molar-refractivity contribution in [2.45, 2.75) is 61.1 Å². The van der Waals surface area contributed by atoms with Gasteiger partial charge in [-0.1, -0.05) is 78.2 Å². The van der Waals surface area contributed by atoms with E-state index < -0.39 is 86.9 Å². The summed E-state index contributed by atoms with van der Waals surface area (Å²) in [6, 6.07) is 24.7. The van der Waals surface area contributed by atoms with Gasteiger partial charge in [-0.3, -0.25) is 25.5 Å². The van der Waals surface area contributed by atoms with Crippen LogP contribution in [-0.4, -0.2) is 93.6 Å². The highest BCUT2D eigenvalue weighted by atomic mass is 32.2. The Morgan fingerprint density at radius 1 is 0.400 bits per heavy atom. The lowest BCUT2D eigenvalue weighted by Gasteiger charge is -2.08. The van der Waals surface area contributed by atoms with Crippen LogP contribution in [0.4, 0.5) is 17.6 Å². The maximum Gasteiger partial charge on any atom is 0.297 e. The number of halogens is 4. The Hall–Kier alpha value is -4.09. The zero-order chi connectivity index (χ0) is 45.1. The van der Waals surface area contributed by atoms with Gasteiger partial charge in [-0.15, -0.1) is 0 Å². The second-order valence-corrected chi connectivity index (χ2v) is 17.8. The van der Waals surface area contributed by atoms with Gasteiger partial charge in [0.1, 0.15) is 19.6 Å². The van der Waals surface area contributed by atoms with Crippen LogP contribution in [0.25, 0.3) is 0 Å². The average molecular weight is 930 g/mol. The fraction of sp³-hybridized carbons (Fsp3) is 0.359. The van der Waals surface area contributed by atoms with E-state index in [1.165, 1.54) is 48.5 Å². The van der Waals surface area contributed by atoms with E-state index >= 15 is 0 Å². The molecule has 0 fully saturated rings. The molecule has 0 radical (unpaired) electrons. The van der Waals surface area contributed by atoms with Gasteiger partial charge in [0.2, 0.25) is 0 Å². The minimum atomic E-state index is -3.94. The number of rotatable bonds is 17. The number of hydrogen-bond donors (Lipinski definition) is 0. The number of hydrogen-bond acceptors (Lipinski definition) is 13. The maximum atomic E-state index is 11.9. The zero-order valence-electron chi connectivity index (χ0n) is 32.9. The number of aldehydes is 1. The Balaban J connectivity index is 0. The third-order valence-electron chi connectivity index (χ3n) is 6.66. The summed E-state index contributed by atoms with van der Waals surface area (Å²) >= 11 is 0. The van der Waals surface area contributed by atoms with E-state index in [2.05, 4.69) is 8.37 Å². The molecule has 4 aromatic carbocycles. The van der Waals surface area contributed by atoms with Crippen LogP contribution in [0.5, 0.6) is 0 Å². The van der Waals surface area contributed by atoms with Gasteiger partial charge in [0.05, 0.1) is 59.9 Å². The summed E-state index contributed by atoms with van der Waals surface area (Å²) in [5.41, 5.74) is 3.74. The molecule has 0 spiro atoms. The van der Waals surface area contributed by atoms with Crippen molar-refractivity contribution in [1.29, 1.82) is 0 Å². The molecule has 338 valence electrons. The van der Waals surface area contributed by atoms with Gasteiger partial charge < -0.3 is 4.79 Å². The largest absolute Gasteiger partial charge is 0.303 e. The molecule has 0 heterocycles. The van der Waals surface area contributed by atoms with Gasteiger partial charge in [0, 0.05) is 6.42 Å². The normalized spacial score (nSPS) is 11.0. The molecule has 0 amide bonds. The van der Waals surface area contributed by atoms with E-state index in [9.17, 15) is 51.2 Å². The van der Waals surface area contributed by atoms with Crippen molar-refractivity contribution in [3.05, 3.63) is 119 Å². The predicted octanol–water partition coefficient (Wildman–Crippen LogP) is 7.52. The second kappa shape index (κ2) is 30.0. The standard InChI is InChI=1S/C16H18O6S2.2C9H11FO3S.C3H5FO.CH3F.CH4/c1-13-3-7-15(8-4-13)23(17,18)21-11-12-22-24(19,20)16-9-5-14(2)6-10-16;2*1-8-2-4-9(5-3-8)14(11,12)13-7-6-10;4-2-1-3-5;1-2;/h3-10H,11-12H2,1-2H3;2*2-5H,6-7H2,1H3;3H,1-2H2;1H3;1H4/i;2*10-1;4-1;;. The molecule has 4 rings (SSSR count). The van der Waals surface area contributed by atoms with Gasteiger partial charge in [0.25, 0.3) is 40.5 Å². The molecule has 13 nitrogen and oxygen atoms in total. The van der Waals surface area contributed by atoms with Crippen LogP contribution >= 0.6 is 0 Å². The van der Waals surface area contributed by atoms with Crippen LogP contribution in [0.3, 0.4) is 0 Å². The second-order valence-electron chi connectivity index (χ2n) is 11.4. The molecule has 0 saturated heterocycles. The molecule has 0 aromatic heterocycles. The van der Waals surface area contributed by atoms with E-state index in [0.717, 1.165) is 22.3 Å². The fourth-order valence-electron chi connectivity index (χ4n) is 3.71. The third kappa shape index (κ3) is 23.1. The Morgan fingerprint density at radius 2 is 0.600 bits per heavy atom. The molecule has 0 bridgehead atoms. The van der Waals surface area contributed by atoms with Crippen molar-refractivity contribution in [2.24, 2.45) is 0 Å². The van der Waals surface area contributed by atoms with Crippen LogP contribution in [0.15, 0.2) is 117 Å². The van der Waals surface area contributed by atoms with Crippen LogP contribution in [0, 0.1) is 27.7 Å². The highest BCUT2D eigenvalue weighted by Crippen LogP contribution is 2.16. The van der Waals surface area contributed by atoms with Crippen molar-refractivity contribution in [2.75, 3.05) is 53.6 Å². The van der Waals surface area contributed by atoms with Crippen molar-refractivity contribution in [3.8, 4) is 0 Å². The minimum absolute atomic E-state index is 0. The minimum Gasteiger partial charge on any atom is -0.303 e. The van der Waals surface area contributed by atoms with Gasteiger partial charge >= 0.3 is 0 Å². The smallest absolute Gasteiger partial charge is 0.297 e. The lowest BCUT2D eigenvalue weighted by molar-refractivity contribution is -0.108. The molecule has 0 aliphatic rings. The van der Waals surface area contributed by atoms with Gasteiger partial charge in [0.15, 0.2) is 0 Å². The van der Waals surface area contributed by atoms with E-state index in [4.69, 9.17) is 13.2 Å². The monoisotopic (exact) mass is 929 g/mol. The average Bonchev–Trinajstić information content (AvgIpc) is 3.20. The van der Waals surface area contributed by atoms with Gasteiger partial charge in [-0.2, -0.15) is 33.7 Å². The number of benzene rings is 4. The third-order valence-corrected chi connectivity index (χ3v) is 12.0. The Labute approximate surface area is 352 Å². The Bertz CT molecular complexity index is 2070. The van der Waals surface area contributed by atoms with Crippen LogP contribution in [-0.2, 0) is 62.0 Å². The topological polar surface area (TPSA) is 191 Å². The molecule has 0 unspecified atom stereocenters. The first kappa shape index (κ1) is 58.0. The van der Waals surface area contributed by atoms with E-state index in [1.807, 2.05) is 27.7 Å². The van der Waals surface area contributed by atoms with E-state index in [-0.39, 0.29) is 33.4 Å². The van der Waals surface area contributed by atoms with E-state index in [0.29, 0.717) is 13.5 Å². The number of carbonyl (C=O) groups excluding carboxylic acids is 1. The van der Waals surface area contributed by atoms with Crippen molar-refractivity contribution >= 4 is 46.8 Å². The molecule has 0 aliphatic carbocycles. The molecule has 0 aliphatic heterocycles. The molecule has 0 saturated carbocycles. The molecule has 4 aromatic rings. The summed E-state index contributed by atoms with van der Waals surface area (Å²) in [6.07, 6.45) is 0.597. The molecule has 21 heteroatoms. The lowest BCUT2D eigenvalue weighted by atomic mass is 10.2. The van der Waals surface area contributed by atoms with Crippen molar-refractivity contribution in [1.82, 2.24) is 0 Å². The maximum absolute atomic E-state index is 11.9. The molecule has 0 atom stereocenters. The summed E-state index contributed by atoms with van der Waals surface area (Å²) in [4.78, 5) is 9.29. The summed E-state index contributed by atoms with van der Waals surface area (Å²) in [6.45, 7) is 3.54. The summed E-state index contributed by atoms with van der Waals surface area (Å²) in [5, 5.41) is 0. The predicted molar refractivity (Wildman–Crippen MR) is 220 cm³/mol. The summed E-state index contributed by atoms with van der Waals surface area (Å²) in [7, 11) is -14.9. The lowest BCUT2D eigenvalue weighted by Crippen LogP contribution is -2.15. The molecular formula is C39H52F4O13S4. The summed E-state index contributed by atoms with van der Waals surface area (Å²) in [5.74, 6) is 0. The molecule has 0 N–H and O–H groups in total. The number of carbonyl (C=O) groups is 1. The van der Waals surface area contributed by atoms with Gasteiger partial charge in [-0.05, 0) is 76.2 Å². The van der Waals surface area contributed by atoms with Crippen LogP contribution < -0.4 is 0 Å². The SMILES string of the molecule is C.CF.Cc1ccc(S(=O)(=O)OCCOS(=O)(=O)c2ccc(C)cc2)cc1.Cc1ccc(S(=O)(=O)OCC[18F])cc1.Cc1ccc(S(=O)(=O)OCC[18F])cc1.O=CCC[18F]. The number of aryl methyl sites for hydroxylation is 4. The molecular weight excluding hydrogens is 878 g/mol. The highest BCUT2D eigenvalue weighted by Gasteiger charge is 2.18. The first-order valence-electron chi connectivity index (χ1n) is 17.1. The first-order valence-corrected chi connectivity index (χ1v) is 22.7. The van der Waals surface area contributed by atoms with Crippen molar-refractivity contribution < 1.29 is 72.8 Å². The Morgan fingerprint density at radius 3 is 0.750 bits per heavy atom. The zero-order valence-corrected chi connectivity index (χ0v) is 36.2.